The second-order valence-corrected chi connectivity index (χ2v) is 6.67. The molecule has 1 amide bonds. The fourth-order valence-corrected chi connectivity index (χ4v) is 3.57. The van der Waals surface area contributed by atoms with Gasteiger partial charge in [-0.3, -0.25) is 4.79 Å². The summed E-state index contributed by atoms with van der Waals surface area (Å²) in [6.07, 6.45) is -0.528. The number of hydrogen-bond donors (Lipinski definition) is 1. The largest absolute Gasteiger partial charge is 0.496 e. The summed E-state index contributed by atoms with van der Waals surface area (Å²) >= 11 is 0. The third-order valence-electron chi connectivity index (χ3n) is 4.77. The van der Waals surface area contributed by atoms with E-state index in [1.165, 1.54) is 19.2 Å². The third-order valence-corrected chi connectivity index (χ3v) is 4.77. The van der Waals surface area contributed by atoms with Crippen LogP contribution in [0.5, 0.6) is 11.5 Å². The first-order valence-electron chi connectivity index (χ1n) is 9.13. The highest BCUT2D eigenvalue weighted by atomic mass is 19.1. The lowest BCUT2D eigenvalue weighted by Crippen LogP contribution is -2.19. The van der Waals surface area contributed by atoms with Crippen LogP contribution >= 0.6 is 0 Å². The van der Waals surface area contributed by atoms with Gasteiger partial charge in [-0.25, -0.2) is 4.39 Å². The number of hydrogen-bond acceptors (Lipinski definition) is 4. The molecule has 1 aliphatic heterocycles. The van der Waals surface area contributed by atoms with Gasteiger partial charge in [0.1, 0.15) is 30.0 Å². The summed E-state index contributed by atoms with van der Waals surface area (Å²) in [6, 6.07) is 17.5. The number of amides is 1. The number of methoxy groups -OCH3 is 2. The molecule has 148 valence electrons. The first-order valence-corrected chi connectivity index (χ1v) is 9.13. The molecule has 0 saturated carbocycles. The van der Waals surface area contributed by atoms with E-state index >= 15 is 0 Å². The number of benzene rings is 3. The SMILES string of the molecule is COCC(=O)Nc1ccc2c(c1)C(c1cccc(F)c1)Oc1cccc(OC)c1-2. The Bertz CT molecular complexity index is 1070. The molecule has 1 N–H and O–H groups in total. The first kappa shape index (κ1) is 19.0. The highest BCUT2D eigenvalue weighted by Gasteiger charge is 2.30. The van der Waals surface area contributed by atoms with Crippen molar-refractivity contribution in [3.05, 3.63) is 77.6 Å². The molecule has 6 heteroatoms. The van der Waals surface area contributed by atoms with Gasteiger partial charge in [0.25, 0.3) is 0 Å². The Morgan fingerprint density at radius 1 is 1.10 bits per heavy atom. The van der Waals surface area contributed by atoms with Gasteiger partial charge < -0.3 is 19.5 Å². The maximum atomic E-state index is 13.9. The van der Waals surface area contributed by atoms with E-state index in [0.29, 0.717) is 22.7 Å². The number of halogens is 1. The standard InChI is InChI=1S/C23H20FNO4/c1-27-13-21(26)25-16-9-10-17-18(12-16)23(14-5-3-6-15(24)11-14)29-20-8-4-7-19(28-2)22(17)20/h3-12,23H,13H2,1-2H3,(H,25,26). The van der Waals surface area contributed by atoms with Crippen LogP contribution in [-0.4, -0.2) is 26.7 Å². The van der Waals surface area contributed by atoms with Crippen LogP contribution < -0.4 is 14.8 Å². The van der Waals surface area contributed by atoms with Crippen LogP contribution in [0.15, 0.2) is 60.7 Å². The van der Waals surface area contributed by atoms with Gasteiger partial charge in [-0.1, -0.05) is 24.3 Å². The molecule has 0 saturated heterocycles. The third kappa shape index (κ3) is 3.67. The normalized spacial score (nSPS) is 14.4. The summed E-state index contributed by atoms with van der Waals surface area (Å²) < 4.78 is 30.6. The van der Waals surface area contributed by atoms with Crippen molar-refractivity contribution in [1.29, 1.82) is 0 Å². The molecule has 0 fully saturated rings. The van der Waals surface area contributed by atoms with Crippen LogP contribution in [0.4, 0.5) is 10.1 Å². The molecule has 1 atom stereocenters. The van der Waals surface area contributed by atoms with Crippen molar-refractivity contribution in [3.63, 3.8) is 0 Å². The highest BCUT2D eigenvalue weighted by molar-refractivity contribution is 5.93. The Kier molecular flexibility index (Phi) is 5.18. The van der Waals surface area contributed by atoms with Crippen LogP contribution in [0.25, 0.3) is 11.1 Å². The smallest absolute Gasteiger partial charge is 0.250 e. The van der Waals surface area contributed by atoms with Crippen molar-refractivity contribution < 1.29 is 23.4 Å². The van der Waals surface area contributed by atoms with Gasteiger partial charge >= 0.3 is 0 Å². The predicted octanol–water partition coefficient (Wildman–Crippen LogP) is 4.57. The zero-order valence-corrected chi connectivity index (χ0v) is 16.1. The van der Waals surface area contributed by atoms with Crippen LogP contribution in [0, 0.1) is 5.82 Å². The Hall–Kier alpha value is -3.38. The summed E-state index contributed by atoms with van der Waals surface area (Å²) in [5.41, 5.74) is 3.83. The molecule has 1 heterocycles. The Labute approximate surface area is 168 Å². The number of anilines is 1. The minimum absolute atomic E-state index is 0.0441. The molecule has 1 aliphatic rings. The number of ether oxygens (including phenoxy) is 3. The van der Waals surface area contributed by atoms with E-state index in [2.05, 4.69) is 5.32 Å². The van der Waals surface area contributed by atoms with Gasteiger partial charge in [-0.2, -0.15) is 0 Å². The van der Waals surface area contributed by atoms with E-state index in [9.17, 15) is 9.18 Å². The zero-order valence-electron chi connectivity index (χ0n) is 16.1. The van der Waals surface area contributed by atoms with Gasteiger partial charge in [0.15, 0.2) is 0 Å². The summed E-state index contributed by atoms with van der Waals surface area (Å²) in [7, 11) is 3.07. The molecule has 0 aromatic heterocycles. The molecule has 0 bridgehead atoms. The number of rotatable bonds is 5. The second-order valence-electron chi connectivity index (χ2n) is 6.67. The first-order chi connectivity index (χ1) is 14.1. The Morgan fingerprint density at radius 2 is 1.93 bits per heavy atom. The van der Waals surface area contributed by atoms with Crippen molar-refractivity contribution in [3.8, 4) is 22.6 Å². The summed E-state index contributed by atoms with van der Waals surface area (Å²) in [5, 5.41) is 2.80. The van der Waals surface area contributed by atoms with E-state index in [0.717, 1.165) is 16.7 Å². The van der Waals surface area contributed by atoms with E-state index in [1.54, 1.807) is 13.2 Å². The lowest BCUT2D eigenvalue weighted by Gasteiger charge is -2.30. The van der Waals surface area contributed by atoms with Crippen molar-refractivity contribution in [2.45, 2.75) is 6.10 Å². The van der Waals surface area contributed by atoms with Crippen molar-refractivity contribution in [2.24, 2.45) is 0 Å². The minimum Gasteiger partial charge on any atom is -0.496 e. The van der Waals surface area contributed by atoms with Gasteiger partial charge in [0.05, 0.1) is 12.7 Å². The number of carbonyl (C=O) groups excluding carboxylic acids is 1. The van der Waals surface area contributed by atoms with E-state index < -0.39 is 6.10 Å². The van der Waals surface area contributed by atoms with Crippen LogP contribution in [0.1, 0.15) is 17.2 Å². The topological polar surface area (TPSA) is 56.8 Å². The lowest BCUT2D eigenvalue weighted by molar-refractivity contribution is -0.119. The second kappa shape index (κ2) is 7.93. The highest BCUT2D eigenvalue weighted by Crippen LogP contribution is 2.49. The molecule has 3 aromatic rings. The van der Waals surface area contributed by atoms with Crippen LogP contribution in [-0.2, 0) is 9.53 Å². The molecule has 5 nitrogen and oxygen atoms in total. The predicted molar refractivity (Wildman–Crippen MR) is 108 cm³/mol. The lowest BCUT2D eigenvalue weighted by atomic mass is 9.88. The average Bonchev–Trinajstić information content (AvgIpc) is 2.72. The monoisotopic (exact) mass is 393 g/mol. The average molecular weight is 393 g/mol. The van der Waals surface area contributed by atoms with E-state index in [1.807, 2.05) is 42.5 Å². The summed E-state index contributed by atoms with van der Waals surface area (Å²) in [6.45, 7) is -0.0441. The van der Waals surface area contributed by atoms with Crippen molar-refractivity contribution in [1.82, 2.24) is 0 Å². The van der Waals surface area contributed by atoms with Crippen molar-refractivity contribution >= 4 is 11.6 Å². The molecule has 0 radical (unpaired) electrons. The Balaban J connectivity index is 1.85. The summed E-state index contributed by atoms with van der Waals surface area (Å²) in [4.78, 5) is 11.9. The van der Waals surface area contributed by atoms with Gasteiger partial charge in [0.2, 0.25) is 5.91 Å². The molecule has 0 aliphatic carbocycles. The van der Waals surface area contributed by atoms with Gasteiger partial charge in [0, 0.05) is 18.4 Å². The fraction of sp³-hybridized carbons (Fsp3) is 0.174. The summed E-state index contributed by atoms with van der Waals surface area (Å²) in [5.74, 6) is 0.734. The fourth-order valence-electron chi connectivity index (χ4n) is 3.57. The van der Waals surface area contributed by atoms with Crippen molar-refractivity contribution in [2.75, 3.05) is 26.1 Å². The van der Waals surface area contributed by atoms with E-state index in [4.69, 9.17) is 14.2 Å². The molecule has 1 unspecified atom stereocenters. The molecule has 3 aromatic carbocycles. The number of nitrogens with one attached hydrogen (secondary N) is 1. The minimum atomic E-state index is -0.528. The number of carbonyl (C=O) groups is 1. The van der Waals surface area contributed by atoms with Crippen LogP contribution in [0.3, 0.4) is 0 Å². The quantitative estimate of drug-likeness (QED) is 0.690. The maximum Gasteiger partial charge on any atom is 0.250 e. The maximum absolute atomic E-state index is 13.9. The van der Waals surface area contributed by atoms with E-state index in [-0.39, 0.29) is 18.3 Å². The van der Waals surface area contributed by atoms with Gasteiger partial charge in [-0.15, -0.1) is 0 Å². The molecule has 29 heavy (non-hydrogen) atoms. The number of fused-ring (bicyclic) bond motifs is 3. The molecule has 4 rings (SSSR count). The molecule has 0 spiro atoms. The Morgan fingerprint density at radius 3 is 2.69 bits per heavy atom. The van der Waals surface area contributed by atoms with Crippen LogP contribution in [0.2, 0.25) is 0 Å². The molecular weight excluding hydrogens is 373 g/mol. The zero-order chi connectivity index (χ0) is 20.4. The molecular formula is C23H20FNO4. The van der Waals surface area contributed by atoms with Gasteiger partial charge in [-0.05, 0) is 47.5 Å².